The van der Waals surface area contributed by atoms with Crippen molar-refractivity contribution in [2.75, 3.05) is 13.2 Å². The third kappa shape index (κ3) is 6.24. The molecule has 138 valence electrons. The van der Waals surface area contributed by atoms with Crippen molar-refractivity contribution in [2.24, 2.45) is 5.10 Å². The minimum absolute atomic E-state index is 0.348. The summed E-state index contributed by atoms with van der Waals surface area (Å²) in [7, 11) is 0. The standard InChI is InChI=1S/C18H18BrClN2O4/c1-2-25-16-8-13(7-15(19)18(16)26-11-17(23)24)10-22-21-9-12-3-5-14(20)6-4-12/h3-8,10,21H,2,9,11H2,1H3,(H,23,24)/b22-10-. The van der Waals surface area contributed by atoms with E-state index in [1.54, 1.807) is 18.3 Å². The zero-order chi connectivity index (χ0) is 18.9. The largest absolute Gasteiger partial charge is 0.490 e. The number of nitrogens with zero attached hydrogens (tertiary/aromatic N) is 1. The number of carboxylic acid groups (broad SMARTS) is 1. The summed E-state index contributed by atoms with van der Waals surface area (Å²) in [6, 6.07) is 11.0. The molecule has 2 aromatic rings. The van der Waals surface area contributed by atoms with Crippen LogP contribution < -0.4 is 14.9 Å². The summed E-state index contributed by atoms with van der Waals surface area (Å²) in [5.74, 6) is -0.265. The molecule has 0 aliphatic heterocycles. The summed E-state index contributed by atoms with van der Waals surface area (Å²) in [4.78, 5) is 10.7. The van der Waals surface area contributed by atoms with E-state index in [2.05, 4.69) is 26.5 Å². The van der Waals surface area contributed by atoms with Crippen LogP contribution in [0.15, 0.2) is 46.0 Å². The van der Waals surface area contributed by atoms with Crippen LogP contribution in [0.5, 0.6) is 11.5 Å². The summed E-state index contributed by atoms with van der Waals surface area (Å²) in [6.45, 7) is 2.37. The molecule has 0 fully saturated rings. The lowest BCUT2D eigenvalue weighted by atomic mass is 10.2. The van der Waals surface area contributed by atoms with Crippen LogP contribution in [-0.4, -0.2) is 30.5 Å². The molecule has 0 saturated heterocycles. The molecule has 8 heteroatoms. The summed E-state index contributed by atoms with van der Waals surface area (Å²) in [5.41, 5.74) is 4.78. The summed E-state index contributed by atoms with van der Waals surface area (Å²) >= 11 is 9.23. The van der Waals surface area contributed by atoms with E-state index in [1.165, 1.54) is 0 Å². The molecule has 2 N–H and O–H groups in total. The van der Waals surface area contributed by atoms with Crippen molar-refractivity contribution in [3.05, 3.63) is 57.0 Å². The van der Waals surface area contributed by atoms with Gasteiger partial charge in [0.2, 0.25) is 0 Å². The first kappa shape index (κ1) is 20.1. The molecule has 2 aromatic carbocycles. The Labute approximate surface area is 164 Å². The summed E-state index contributed by atoms with van der Waals surface area (Å²) < 4.78 is 11.4. The molecule has 6 nitrogen and oxygen atoms in total. The summed E-state index contributed by atoms with van der Waals surface area (Å²) in [6.07, 6.45) is 1.64. The van der Waals surface area contributed by atoms with Crippen LogP contribution in [0.2, 0.25) is 5.02 Å². The molecule has 0 aliphatic carbocycles. The lowest BCUT2D eigenvalue weighted by Crippen LogP contribution is -2.11. The van der Waals surface area contributed by atoms with E-state index in [1.807, 2.05) is 31.2 Å². The highest BCUT2D eigenvalue weighted by atomic mass is 79.9. The van der Waals surface area contributed by atoms with Gasteiger partial charge in [0, 0.05) is 5.02 Å². The smallest absolute Gasteiger partial charge is 0.341 e. The number of hydrazone groups is 1. The van der Waals surface area contributed by atoms with Gasteiger partial charge in [0.1, 0.15) is 0 Å². The van der Waals surface area contributed by atoms with Crippen LogP contribution in [0.1, 0.15) is 18.1 Å². The van der Waals surface area contributed by atoms with Crippen LogP contribution in [0.3, 0.4) is 0 Å². The van der Waals surface area contributed by atoms with Gasteiger partial charge < -0.3 is 20.0 Å². The molecular formula is C18H18BrClN2O4. The van der Waals surface area contributed by atoms with Crippen LogP contribution in [0, 0.1) is 0 Å². The molecular weight excluding hydrogens is 424 g/mol. The SMILES string of the molecule is CCOc1cc(/C=N\NCc2ccc(Cl)cc2)cc(Br)c1OCC(=O)O. The van der Waals surface area contributed by atoms with Crippen molar-refractivity contribution < 1.29 is 19.4 Å². The molecule has 0 aliphatic rings. The van der Waals surface area contributed by atoms with Gasteiger partial charge in [0.05, 0.1) is 23.8 Å². The number of halogens is 2. The highest BCUT2D eigenvalue weighted by Gasteiger charge is 2.13. The third-order valence-electron chi connectivity index (χ3n) is 3.17. The monoisotopic (exact) mass is 440 g/mol. The van der Waals surface area contributed by atoms with Gasteiger partial charge in [0.15, 0.2) is 18.1 Å². The second-order valence-electron chi connectivity index (χ2n) is 5.16. The number of carbonyl (C=O) groups is 1. The number of benzene rings is 2. The molecule has 0 heterocycles. The van der Waals surface area contributed by atoms with Crippen LogP contribution in [-0.2, 0) is 11.3 Å². The zero-order valence-corrected chi connectivity index (χ0v) is 16.4. The number of ether oxygens (including phenoxy) is 2. The first-order valence-electron chi connectivity index (χ1n) is 7.81. The minimum atomic E-state index is -1.06. The fraction of sp³-hybridized carbons (Fsp3) is 0.222. The highest BCUT2D eigenvalue weighted by molar-refractivity contribution is 9.10. The lowest BCUT2D eigenvalue weighted by Gasteiger charge is -2.13. The fourth-order valence-corrected chi connectivity index (χ4v) is 2.76. The quantitative estimate of drug-likeness (QED) is 0.452. The van der Waals surface area contributed by atoms with Gasteiger partial charge >= 0.3 is 5.97 Å². The number of rotatable bonds is 9. The molecule has 0 aromatic heterocycles. The van der Waals surface area contributed by atoms with Crippen LogP contribution in [0.25, 0.3) is 0 Å². The van der Waals surface area contributed by atoms with Crippen molar-refractivity contribution >= 4 is 39.7 Å². The fourth-order valence-electron chi connectivity index (χ4n) is 2.06. The Morgan fingerprint density at radius 2 is 2.04 bits per heavy atom. The molecule has 0 bridgehead atoms. The molecule has 26 heavy (non-hydrogen) atoms. The van der Waals surface area contributed by atoms with Crippen LogP contribution >= 0.6 is 27.5 Å². The average Bonchev–Trinajstić information content (AvgIpc) is 2.59. The molecule has 2 rings (SSSR count). The zero-order valence-electron chi connectivity index (χ0n) is 14.0. The number of nitrogens with one attached hydrogen (secondary N) is 1. The maximum Gasteiger partial charge on any atom is 0.341 e. The topological polar surface area (TPSA) is 80.1 Å². The van der Waals surface area contributed by atoms with Gasteiger partial charge in [-0.15, -0.1) is 0 Å². The Balaban J connectivity index is 2.05. The van der Waals surface area contributed by atoms with E-state index < -0.39 is 12.6 Å². The van der Waals surface area contributed by atoms with Crippen molar-refractivity contribution in [3.63, 3.8) is 0 Å². The minimum Gasteiger partial charge on any atom is -0.490 e. The molecule has 0 radical (unpaired) electrons. The molecule has 0 saturated carbocycles. The second kappa shape index (κ2) is 10.0. The van der Waals surface area contributed by atoms with Gasteiger partial charge in [-0.1, -0.05) is 23.7 Å². The van der Waals surface area contributed by atoms with Crippen molar-refractivity contribution in [2.45, 2.75) is 13.5 Å². The highest BCUT2D eigenvalue weighted by Crippen LogP contribution is 2.36. The van der Waals surface area contributed by atoms with Gasteiger partial charge in [-0.2, -0.15) is 5.10 Å². The lowest BCUT2D eigenvalue weighted by molar-refractivity contribution is -0.139. The summed E-state index contributed by atoms with van der Waals surface area (Å²) in [5, 5.41) is 13.7. The van der Waals surface area contributed by atoms with E-state index in [-0.39, 0.29) is 0 Å². The Bertz CT molecular complexity index is 782. The molecule has 0 unspecified atom stereocenters. The number of hydrogen-bond acceptors (Lipinski definition) is 5. The van der Waals surface area contributed by atoms with E-state index >= 15 is 0 Å². The normalized spacial score (nSPS) is 10.7. The number of aliphatic carboxylic acids is 1. The molecule has 0 amide bonds. The maximum atomic E-state index is 10.7. The van der Waals surface area contributed by atoms with Gasteiger partial charge in [-0.3, -0.25) is 0 Å². The Morgan fingerprint density at radius 3 is 2.69 bits per heavy atom. The molecule has 0 atom stereocenters. The van der Waals surface area contributed by atoms with E-state index in [0.29, 0.717) is 34.1 Å². The first-order chi connectivity index (χ1) is 12.5. The van der Waals surface area contributed by atoms with Crippen LogP contribution in [0.4, 0.5) is 0 Å². The Kier molecular flexibility index (Phi) is 7.74. The van der Waals surface area contributed by atoms with E-state index in [9.17, 15) is 4.79 Å². The van der Waals surface area contributed by atoms with E-state index in [4.69, 9.17) is 26.2 Å². The predicted octanol–water partition coefficient (Wildman–Crippen LogP) is 4.09. The second-order valence-corrected chi connectivity index (χ2v) is 6.46. The van der Waals surface area contributed by atoms with Crippen molar-refractivity contribution in [1.29, 1.82) is 0 Å². The molecule has 0 spiro atoms. The third-order valence-corrected chi connectivity index (χ3v) is 4.01. The predicted molar refractivity (Wildman–Crippen MR) is 104 cm³/mol. The van der Waals surface area contributed by atoms with Crippen molar-refractivity contribution in [1.82, 2.24) is 5.43 Å². The van der Waals surface area contributed by atoms with Gasteiger partial charge in [-0.05, 0) is 58.2 Å². The van der Waals surface area contributed by atoms with Gasteiger partial charge in [-0.25, -0.2) is 4.79 Å². The average molecular weight is 442 g/mol. The van der Waals surface area contributed by atoms with E-state index in [0.717, 1.165) is 11.1 Å². The first-order valence-corrected chi connectivity index (χ1v) is 8.98. The van der Waals surface area contributed by atoms with Gasteiger partial charge in [0.25, 0.3) is 0 Å². The Morgan fingerprint density at radius 1 is 1.31 bits per heavy atom. The number of hydrogen-bond donors (Lipinski definition) is 2. The Hall–Kier alpha value is -2.25. The maximum absolute atomic E-state index is 10.7. The van der Waals surface area contributed by atoms with Crippen molar-refractivity contribution in [3.8, 4) is 11.5 Å². The number of carboxylic acids is 1.